The lowest BCUT2D eigenvalue weighted by Crippen LogP contribution is -2.44. The minimum absolute atomic E-state index is 0.0315. The molecule has 0 radical (unpaired) electrons. The van der Waals surface area contributed by atoms with E-state index < -0.39 is 12.1 Å². The van der Waals surface area contributed by atoms with Crippen LogP contribution in [0, 0.1) is 5.41 Å². The van der Waals surface area contributed by atoms with E-state index in [2.05, 4.69) is 31.0 Å². The third kappa shape index (κ3) is 9.57. The number of carboxylic acids is 1. The van der Waals surface area contributed by atoms with Crippen molar-refractivity contribution in [2.24, 2.45) is 5.41 Å². The molecule has 1 unspecified atom stereocenters. The highest BCUT2D eigenvalue weighted by atomic mass is 35.5. The largest absolute Gasteiger partial charge is 0.490 e. The van der Waals surface area contributed by atoms with Gasteiger partial charge in [-0.15, -0.1) is 0 Å². The van der Waals surface area contributed by atoms with E-state index in [-0.39, 0.29) is 22.9 Å². The number of carbonyl (C=O) groups excluding carboxylic acids is 1. The number of hydrogen-bond acceptors (Lipinski definition) is 5. The molecule has 222 valence electrons. The number of benzene rings is 2. The zero-order valence-corrected chi connectivity index (χ0v) is 23.9. The lowest BCUT2D eigenvalue weighted by Gasteiger charge is -2.25. The van der Waals surface area contributed by atoms with Gasteiger partial charge >= 0.3 is 12.1 Å². The summed E-state index contributed by atoms with van der Waals surface area (Å²) in [7, 11) is 0. The number of rotatable bonds is 7. The van der Waals surface area contributed by atoms with Crippen LogP contribution in [-0.2, 0) is 22.6 Å². The molecule has 3 aromatic rings. The summed E-state index contributed by atoms with van der Waals surface area (Å²) in [5.41, 5.74) is 1.91. The van der Waals surface area contributed by atoms with Crippen molar-refractivity contribution >= 4 is 34.2 Å². The summed E-state index contributed by atoms with van der Waals surface area (Å²) < 4.78 is 33.3. The number of alkyl halides is 3. The first-order valence-corrected chi connectivity index (χ1v) is 13.6. The second-order valence-electron chi connectivity index (χ2n) is 11.2. The summed E-state index contributed by atoms with van der Waals surface area (Å²) in [4.78, 5) is 36.9. The monoisotopic (exact) mass is 594 g/mol. The van der Waals surface area contributed by atoms with Crippen LogP contribution in [0.1, 0.15) is 44.9 Å². The first-order valence-electron chi connectivity index (χ1n) is 13.2. The van der Waals surface area contributed by atoms with Crippen LogP contribution in [0.25, 0.3) is 10.8 Å². The van der Waals surface area contributed by atoms with Crippen LogP contribution in [0.4, 0.5) is 13.2 Å². The van der Waals surface area contributed by atoms with Gasteiger partial charge in [-0.05, 0) is 48.6 Å². The van der Waals surface area contributed by atoms with E-state index in [9.17, 15) is 22.8 Å². The highest BCUT2D eigenvalue weighted by Crippen LogP contribution is 2.21. The fourth-order valence-electron chi connectivity index (χ4n) is 4.47. The summed E-state index contributed by atoms with van der Waals surface area (Å²) in [6.07, 6.45) is -2.52. The second kappa shape index (κ2) is 13.5. The van der Waals surface area contributed by atoms with Gasteiger partial charge in [0.15, 0.2) is 0 Å². The molecule has 4 rings (SSSR count). The van der Waals surface area contributed by atoms with E-state index >= 15 is 0 Å². The average Bonchev–Trinajstić information content (AvgIpc) is 3.32. The van der Waals surface area contributed by atoms with Crippen molar-refractivity contribution in [3.05, 3.63) is 75.2 Å². The lowest BCUT2D eigenvalue weighted by molar-refractivity contribution is -0.192. The number of amides is 1. The Bertz CT molecular complexity index is 1420. The van der Waals surface area contributed by atoms with E-state index in [0.717, 1.165) is 36.0 Å². The number of halogens is 4. The van der Waals surface area contributed by atoms with Gasteiger partial charge in [-0.2, -0.15) is 18.3 Å². The van der Waals surface area contributed by atoms with E-state index in [0.29, 0.717) is 36.5 Å². The van der Waals surface area contributed by atoms with Gasteiger partial charge in [0.05, 0.1) is 24.2 Å². The minimum atomic E-state index is -5.08. The number of nitrogens with one attached hydrogen (secondary N) is 1. The molecule has 1 aliphatic rings. The summed E-state index contributed by atoms with van der Waals surface area (Å²) in [5.74, 6) is -2.73. The van der Waals surface area contributed by atoms with Crippen LogP contribution >= 0.6 is 11.6 Å². The molecule has 1 saturated heterocycles. The Kier molecular flexibility index (Phi) is 10.5. The molecule has 8 nitrogen and oxygen atoms in total. The number of likely N-dealkylation sites (tertiary alicyclic amines) is 1. The first kappa shape index (κ1) is 32.1. The van der Waals surface area contributed by atoms with Crippen molar-refractivity contribution in [3.8, 4) is 0 Å². The van der Waals surface area contributed by atoms with Gasteiger partial charge < -0.3 is 10.4 Å². The number of aliphatic carboxylic acids is 1. The molecular formula is C29H34ClF3N4O4. The minimum Gasteiger partial charge on any atom is -0.475 e. The number of carboxylic acid groups (broad SMARTS) is 1. The van der Waals surface area contributed by atoms with Crippen molar-refractivity contribution in [2.45, 2.75) is 58.8 Å². The van der Waals surface area contributed by atoms with Gasteiger partial charge in [0.1, 0.15) is 0 Å². The Morgan fingerprint density at radius 2 is 1.68 bits per heavy atom. The SMILES string of the molecule is CC(C)(C)CNC(=O)CN1CCCC1Cn1nc(Cc2ccc(Cl)cc2)c2ccccc2c1=O.O=C(O)C(F)(F)F. The smallest absolute Gasteiger partial charge is 0.475 e. The number of hydrogen-bond donors (Lipinski definition) is 2. The Balaban J connectivity index is 0.000000587. The van der Waals surface area contributed by atoms with Gasteiger partial charge in [0.25, 0.3) is 5.56 Å². The fourth-order valence-corrected chi connectivity index (χ4v) is 4.59. The van der Waals surface area contributed by atoms with Crippen molar-refractivity contribution in [1.29, 1.82) is 0 Å². The molecule has 2 heterocycles. The van der Waals surface area contributed by atoms with Crippen LogP contribution in [0.2, 0.25) is 5.02 Å². The van der Waals surface area contributed by atoms with Crippen LogP contribution in [0.3, 0.4) is 0 Å². The van der Waals surface area contributed by atoms with Gasteiger partial charge in [-0.25, -0.2) is 9.48 Å². The molecule has 1 atom stereocenters. The average molecular weight is 595 g/mol. The zero-order chi connectivity index (χ0) is 30.4. The summed E-state index contributed by atoms with van der Waals surface area (Å²) in [6.45, 7) is 8.63. The molecule has 12 heteroatoms. The van der Waals surface area contributed by atoms with Crippen LogP contribution in [0.15, 0.2) is 53.3 Å². The van der Waals surface area contributed by atoms with Gasteiger partial charge in [-0.1, -0.05) is 62.7 Å². The molecule has 1 aliphatic heterocycles. The molecule has 0 spiro atoms. The highest BCUT2D eigenvalue weighted by Gasteiger charge is 2.38. The van der Waals surface area contributed by atoms with E-state index in [1.165, 1.54) is 0 Å². The molecule has 0 aliphatic carbocycles. The Labute approximate surface area is 241 Å². The van der Waals surface area contributed by atoms with Crippen molar-refractivity contribution in [1.82, 2.24) is 20.0 Å². The van der Waals surface area contributed by atoms with Crippen LogP contribution in [-0.4, -0.2) is 63.5 Å². The normalized spacial score (nSPS) is 15.8. The molecule has 1 aromatic heterocycles. The quantitative estimate of drug-likeness (QED) is 0.403. The molecule has 1 amide bonds. The zero-order valence-electron chi connectivity index (χ0n) is 23.2. The fraction of sp³-hybridized carbons (Fsp3) is 0.448. The summed E-state index contributed by atoms with van der Waals surface area (Å²) in [6, 6.07) is 15.5. The molecule has 0 saturated carbocycles. The van der Waals surface area contributed by atoms with Crippen LogP contribution < -0.4 is 10.9 Å². The molecule has 2 N–H and O–H groups in total. The lowest BCUT2D eigenvalue weighted by atomic mass is 9.97. The maximum atomic E-state index is 13.3. The number of carbonyl (C=O) groups is 2. The third-order valence-corrected chi connectivity index (χ3v) is 6.77. The first-order chi connectivity index (χ1) is 19.1. The van der Waals surface area contributed by atoms with Crippen molar-refractivity contribution in [3.63, 3.8) is 0 Å². The summed E-state index contributed by atoms with van der Waals surface area (Å²) >= 11 is 6.05. The predicted octanol–water partition coefficient (Wildman–Crippen LogP) is 4.90. The molecule has 0 bridgehead atoms. The predicted molar refractivity (Wildman–Crippen MR) is 151 cm³/mol. The van der Waals surface area contributed by atoms with Gasteiger partial charge in [0.2, 0.25) is 5.91 Å². The maximum Gasteiger partial charge on any atom is 0.490 e. The highest BCUT2D eigenvalue weighted by molar-refractivity contribution is 6.30. The molecule has 2 aromatic carbocycles. The summed E-state index contributed by atoms with van der Waals surface area (Å²) in [5, 5.41) is 17.2. The Morgan fingerprint density at radius 3 is 2.27 bits per heavy atom. The van der Waals surface area contributed by atoms with Gasteiger partial charge in [-0.3, -0.25) is 14.5 Å². The Morgan fingerprint density at radius 1 is 1.07 bits per heavy atom. The van der Waals surface area contributed by atoms with E-state index in [4.69, 9.17) is 26.6 Å². The number of aromatic nitrogens is 2. The van der Waals surface area contributed by atoms with Gasteiger partial charge in [0, 0.05) is 29.4 Å². The molecule has 1 fully saturated rings. The standard InChI is InChI=1S/C27H33ClN4O2.C2HF3O2/c1-27(2,3)18-29-25(33)17-31-14-6-7-21(31)16-32-26(34)23-9-5-4-8-22(23)24(30-32)15-19-10-12-20(28)13-11-19;3-2(4,5)1(6)7/h4-5,8-13,21H,6-7,14-18H2,1-3H3,(H,29,33);(H,6,7). The van der Waals surface area contributed by atoms with E-state index in [1.54, 1.807) is 4.68 Å². The second-order valence-corrected chi connectivity index (χ2v) is 11.6. The van der Waals surface area contributed by atoms with E-state index in [1.807, 2.05) is 48.5 Å². The molecular weight excluding hydrogens is 561 g/mol. The third-order valence-electron chi connectivity index (χ3n) is 6.52. The van der Waals surface area contributed by atoms with Crippen molar-refractivity contribution in [2.75, 3.05) is 19.6 Å². The Hall–Kier alpha value is -3.44. The topological polar surface area (TPSA) is 105 Å². The number of nitrogens with zero attached hydrogens (tertiary/aromatic N) is 3. The number of fused-ring (bicyclic) bond motifs is 1. The van der Waals surface area contributed by atoms with Crippen LogP contribution in [0.5, 0.6) is 0 Å². The maximum absolute atomic E-state index is 13.3. The molecule has 41 heavy (non-hydrogen) atoms. The van der Waals surface area contributed by atoms with Crippen molar-refractivity contribution < 1.29 is 27.9 Å².